The first-order valence-electron chi connectivity index (χ1n) is 5.45. The molecule has 0 saturated heterocycles. The fourth-order valence-corrected chi connectivity index (χ4v) is 2.74. The summed E-state index contributed by atoms with van der Waals surface area (Å²) in [6, 6.07) is 3.71. The SMILES string of the molecule is Cn1cc(S(N)(=O)=O)c(NC(=O)/C=C/c2cccs2)n1. The summed E-state index contributed by atoms with van der Waals surface area (Å²) in [6.45, 7) is 0. The number of sulfonamides is 1. The Balaban J connectivity index is 2.16. The van der Waals surface area contributed by atoms with E-state index in [9.17, 15) is 13.2 Å². The number of nitrogens with zero attached hydrogens (tertiary/aromatic N) is 2. The molecule has 1 amide bonds. The Morgan fingerprint density at radius 3 is 2.90 bits per heavy atom. The van der Waals surface area contributed by atoms with Gasteiger partial charge in [0.1, 0.15) is 4.90 Å². The lowest BCUT2D eigenvalue weighted by Crippen LogP contribution is -2.16. The van der Waals surface area contributed by atoms with Gasteiger partial charge in [0.15, 0.2) is 5.82 Å². The van der Waals surface area contributed by atoms with Crippen molar-refractivity contribution >= 4 is 39.2 Å². The number of anilines is 1. The zero-order valence-electron chi connectivity index (χ0n) is 10.5. The molecule has 0 radical (unpaired) electrons. The molecule has 0 bridgehead atoms. The number of amides is 1. The Labute approximate surface area is 119 Å². The fourth-order valence-electron chi connectivity index (χ4n) is 1.46. The molecule has 2 rings (SSSR count). The van der Waals surface area contributed by atoms with Gasteiger partial charge >= 0.3 is 0 Å². The first kappa shape index (κ1) is 14.4. The quantitative estimate of drug-likeness (QED) is 0.813. The second kappa shape index (κ2) is 5.57. The molecule has 2 aromatic rings. The third-order valence-corrected chi connectivity index (χ3v) is 4.03. The van der Waals surface area contributed by atoms with Crippen LogP contribution in [0.1, 0.15) is 4.88 Å². The molecule has 0 aromatic carbocycles. The molecule has 7 nitrogen and oxygen atoms in total. The molecular formula is C11H12N4O3S2. The number of carbonyl (C=O) groups is 1. The predicted molar refractivity (Wildman–Crippen MR) is 76.6 cm³/mol. The minimum atomic E-state index is -3.94. The maximum Gasteiger partial charge on any atom is 0.249 e. The number of nitrogens with one attached hydrogen (secondary N) is 1. The number of nitrogens with two attached hydrogens (primary N) is 1. The first-order chi connectivity index (χ1) is 9.36. The van der Waals surface area contributed by atoms with Crippen molar-refractivity contribution in [2.24, 2.45) is 12.2 Å². The van der Waals surface area contributed by atoms with E-state index in [1.807, 2.05) is 17.5 Å². The Morgan fingerprint density at radius 1 is 1.55 bits per heavy atom. The Bertz CT molecular complexity index is 745. The standard InChI is InChI=1S/C11H12N4O3S2/c1-15-7-9(20(12,17)18)11(14-15)13-10(16)5-4-8-3-2-6-19-8/h2-7H,1H3,(H2,12,17,18)(H,13,14,16)/b5-4+. The summed E-state index contributed by atoms with van der Waals surface area (Å²) in [5, 5.41) is 13.2. The molecule has 0 aliphatic rings. The highest BCUT2D eigenvalue weighted by Crippen LogP contribution is 2.17. The summed E-state index contributed by atoms with van der Waals surface area (Å²) >= 11 is 1.48. The zero-order valence-corrected chi connectivity index (χ0v) is 12.1. The number of primary sulfonamides is 1. The van der Waals surface area contributed by atoms with E-state index in [2.05, 4.69) is 10.4 Å². The van der Waals surface area contributed by atoms with Crippen LogP contribution in [0.15, 0.2) is 34.7 Å². The average Bonchev–Trinajstić information content (AvgIpc) is 2.95. The van der Waals surface area contributed by atoms with Gasteiger partial charge in [0.25, 0.3) is 0 Å². The highest BCUT2D eigenvalue weighted by atomic mass is 32.2. The van der Waals surface area contributed by atoms with Crippen LogP contribution in [0.2, 0.25) is 0 Å². The van der Waals surface area contributed by atoms with Gasteiger partial charge in [-0.25, -0.2) is 13.6 Å². The third kappa shape index (κ3) is 3.53. The number of hydrogen-bond acceptors (Lipinski definition) is 5. The average molecular weight is 312 g/mol. The lowest BCUT2D eigenvalue weighted by molar-refractivity contribution is -0.111. The van der Waals surface area contributed by atoms with Gasteiger partial charge in [-0.1, -0.05) is 6.07 Å². The van der Waals surface area contributed by atoms with Gasteiger partial charge in [-0.3, -0.25) is 9.48 Å². The maximum absolute atomic E-state index is 11.7. The molecule has 0 aliphatic carbocycles. The van der Waals surface area contributed by atoms with E-state index in [4.69, 9.17) is 5.14 Å². The summed E-state index contributed by atoms with van der Waals surface area (Å²) < 4.78 is 24.0. The van der Waals surface area contributed by atoms with E-state index in [1.54, 1.807) is 6.08 Å². The van der Waals surface area contributed by atoms with Crippen molar-refractivity contribution in [3.05, 3.63) is 34.7 Å². The summed E-state index contributed by atoms with van der Waals surface area (Å²) in [5.41, 5.74) is 0. The van der Waals surface area contributed by atoms with Crippen LogP contribution in [0, 0.1) is 0 Å². The largest absolute Gasteiger partial charge is 0.304 e. The Hall–Kier alpha value is -1.97. The van der Waals surface area contributed by atoms with Crippen molar-refractivity contribution in [1.29, 1.82) is 0 Å². The van der Waals surface area contributed by atoms with Crippen molar-refractivity contribution in [3.63, 3.8) is 0 Å². The number of thiophene rings is 1. The summed E-state index contributed by atoms with van der Waals surface area (Å²) in [6.07, 6.45) is 4.15. The molecule has 106 valence electrons. The molecular weight excluding hydrogens is 300 g/mol. The van der Waals surface area contributed by atoms with Crippen LogP contribution in [-0.4, -0.2) is 24.1 Å². The van der Waals surface area contributed by atoms with Gasteiger partial charge in [0.05, 0.1) is 0 Å². The van der Waals surface area contributed by atoms with Crippen LogP contribution in [0.3, 0.4) is 0 Å². The van der Waals surface area contributed by atoms with Crippen molar-refractivity contribution in [2.75, 3.05) is 5.32 Å². The van der Waals surface area contributed by atoms with E-state index in [-0.39, 0.29) is 10.7 Å². The molecule has 0 saturated carbocycles. The molecule has 0 atom stereocenters. The van der Waals surface area contributed by atoms with Gasteiger partial charge in [0.2, 0.25) is 15.9 Å². The summed E-state index contributed by atoms with van der Waals surface area (Å²) in [4.78, 5) is 12.4. The second-order valence-electron chi connectivity index (χ2n) is 3.90. The Kier molecular flexibility index (Phi) is 4.02. The fraction of sp³-hybridized carbons (Fsp3) is 0.0909. The van der Waals surface area contributed by atoms with Crippen molar-refractivity contribution in [2.45, 2.75) is 4.90 Å². The molecule has 0 unspecified atom stereocenters. The summed E-state index contributed by atoms with van der Waals surface area (Å²) in [5.74, 6) is -0.571. The van der Waals surface area contributed by atoms with Crippen molar-refractivity contribution in [1.82, 2.24) is 9.78 Å². The number of carbonyl (C=O) groups excluding carboxylic acids is 1. The molecule has 3 N–H and O–H groups in total. The smallest absolute Gasteiger partial charge is 0.249 e. The lowest BCUT2D eigenvalue weighted by Gasteiger charge is -2.00. The highest BCUT2D eigenvalue weighted by molar-refractivity contribution is 7.89. The molecule has 20 heavy (non-hydrogen) atoms. The Morgan fingerprint density at radius 2 is 2.30 bits per heavy atom. The van der Waals surface area contributed by atoms with Crippen molar-refractivity contribution < 1.29 is 13.2 Å². The van der Waals surface area contributed by atoms with Gasteiger partial charge in [-0.2, -0.15) is 5.10 Å². The number of hydrogen-bond donors (Lipinski definition) is 2. The van der Waals surface area contributed by atoms with Crippen LogP contribution < -0.4 is 10.5 Å². The molecule has 9 heteroatoms. The maximum atomic E-state index is 11.7. The predicted octanol–water partition coefficient (Wildman–Crippen LogP) is 0.781. The van der Waals surface area contributed by atoms with Gasteiger partial charge < -0.3 is 5.32 Å². The van der Waals surface area contributed by atoms with Crippen LogP contribution in [-0.2, 0) is 21.9 Å². The minimum Gasteiger partial charge on any atom is -0.304 e. The second-order valence-corrected chi connectivity index (χ2v) is 6.41. The van der Waals surface area contributed by atoms with E-state index >= 15 is 0 Å². The van der Waals surface area contributed by atoms with Gasteiger partial charge in [0, 0.05) is 24.2 Å². The summed E-state index contributed by atoms with van der Waals surface area (Å²) in [7, 11) is -2.40. The molecule has 0 fully saturated rings. The van der Waals surface area contributed by atoms with Gasteiger partial charge in [-0.05, 0) is 17.5 Å². The number of aromatic nitrogens is 2. The van der Waals surface area contributed by atoms with Crippen LogP contribution in [0.5, 0.6) is 0 Å². The zero-order chi connectivity index (χ0) is 14.8. The molecule has 2 heterocycles. The molecule has 0 spiro atoms. The molecule has 0 aliphatic heterocycles. The van der Waals surface area contributed by atoms with Crippen molar-refractivity contribution in [3.8, 4) is 0 Å². The monoisotopic (exact) mass is 312 g/mol. The number of rotatable bonds is 4. The van der Waals surface area contributed by atoms with Gasteiger partial charge in [-0.15, -0.1) is 11.3 Å². The van der Waals surface area contributed by atoms with Crippen LogP contribution in [0.4, 0.5) is 5.82 Å². The van der Waals surface area contributed by atoms with E-state index in [0.717, 1.165) is 4.88 Å². The minimum absolute atomic E-state index is 0.0872. The third-order valence-electron chi connectivity index (χ3n) is 2.29. The highest BCUT2D eigenvalue weighted by Gasteiger charge is 2.19. The molecule has 2 aromatic heterocycles. The van der Waals surface area contributed by atoms with E-state index in [0.29, 0.717) is 0 Å². The first-order valence-corrected chi connectivity index (χ1v) is 7.88. The normalized spacial score (nSPS) is 11.9. The number of aryl methyl sites for hydroxylation is 1. The van der Waals surface area contributed by atoms with E-state index in [1.165, 1.54) is 35.3 Å². The van der Waals surface area contributed by atoms with Crippen LogP contribution >= 0.6 is 11.3 Å². The topological polar surface area (TPSA) is 107 Å². The van der Waals surface area contributed by atoms with E-state index < -0.39 is 15.9 Å². The lowest BCUT2D eigenvalue weighted by atomic mass is 10.4. The van der Waals surface area contributed by atoms with Crippen LogP contribution in [0.25, 0.3) is 6.08 Å².